The first-order valence-electron chi connectivity index (χ1n) is 6.14. The van der Waals surface area contributed by atoms with Crippen LogP contribution in [0.25, 0.3) is 10.4 Å². The minimum atomic E-state index is -0.493. The van der Waals surface area contributed by atoms with Crippen LogP contribution in [0.3, 0.4) is 0 Å². The van der Waals surface area contributed by atoms with E-state index in [0.29, 0.717) is 37.1 Å². The summed E-state index contributed by atoms with van der Waals surface area (Å²) >= 11 is 0. The lowest BCUT2D eigenvalue weighted by molar-refractivity contribution is 0.145. The minimum absolute atomic E-state index is 0.116. The summed E-state index contributed by atoms with van der Waals surface area (Å²) in [5.41, 5.74) is 8.28. The average molecular weight is 276 g/mol. The number of carbonyl (C=O) groups excluding carboxylic acids is 1. The second-order valence-electron chi connectivity index (χ2n) is 4.32. The van der Waals surface area contributed by atoms with Crippen molar-refractivity contribution >= 4 is 17.7 Å². The van der Waals surface area contributed by atoms with Crippen LogP contribution in [0.1, 0.15) is 0 Å². The number of pyridine rings is 1. The normalized spacial score (nSPS) is 20.3. The Hall–Kier alpha value is -2.67. The monoisotopic (exact) mass is 276 g/mol. The summed E-state index contributed by atoms with van der Waals surface area (Å²) in [5.74, 6) is 1.76. The molecule has 2 aliphatic heterocycles. The molecule has 2 aliphatic rings. The maximum absolute atomic E-state index is 11.8. The fraction of sp³-hybridized carbons (Fsp3) is 0.455. The molecule has 9 nitrogen and oxygen atoms in total. The highest BCUT2D eigenvalue weighted by Gasteiger charge is 2.33. The van der Waals surface area contributed by atoms with Gasteiger partial charge in [0.05, 0.1) is 19.6 Å². The number of anilines is 2. The summed E-state index contributed by atoms with van der Waals surface area (Å²) in [7, 11) is 0. The van der Waals surface area contributed by atoms with Gasteiger partial charge in [-0.05, 0) is 17.7 Å². The third-order valence-corrected chi connectivity index (χ3v) is 2.99. The van der Waals surface area contributed by atoms with E-state index in [2.05, 4.69) is 20.3 Å². The molecule has 1 fully saturated rings. The molecule has 3 rings (SSSR count). The van der Waals surface area contributed by atoms with Crippen molar-refractivity contribution in [3.05, 3.63) is 22.6 Å². The van der Waals surface area contributed by atoms with E-state index >= 15 is 0 Å². The molecule has 0 spiro atoms. The number of ether oxygens (including phenoxy) is 2. The lowest BCUT2D eigenvalue weighted by Gasteiger charge is -2.20. The number of hydrogen-bond acceptors (Lipinski definition) is 6. The van der Waals surface area contributed by atoms with E-state index in [0.717, 1.165) is 0 Å². The van der Waals surface area contributed by atoms with E-state index in [1.165, 1.54) is 4.90 Å². The molecule has 1 N–H and O–H groups in total. The Labute approximate surface area is 114 Å². The first kappa shape index (κ1) is 12.4. The highest BCUT2D eigenvalue weighted by molar-refractivity contribution is 5.89. The van der Waals surface area contributed by atoms with E-state index in [9.17, 15) is 4.79 Å². The molecule has 0 saturated carbocycles. The van der Waals surface area contributed by atoms with Crippen LogP contribution in [0, 0.1) is 0 Å². The number of carbonyl (C=O) groups is 1. The first-order valence-corrected chi connectivity index (χ1v) is 6.14. The maximum Gasteiger partial charge on any atom is 0.415 e. The molecular weight excluding hydrogens is 264 g/mol. The number of nitrogens with zero attached hydrogens (tertiary/aromatic N) is 5. The third kappa shape index (κ3) is 2.26. The number of cyclic esters (lactones) is 1. The zero-order valence-electron chi connectivity index (χ0n) is 10.5. The number of hydrogen-bond donors (Lipinski definition) is 1. The van der Waals surface area contributed by atoms with Crippen LogP contribution in [-0.4, -0.2) is 43.4 Å². The van der Waals surface area contributed by atoms with Gasteiger partial charge in [-0.25, -0.2) is 9.78 Å². The van der Waals surface area contributed by atoms with Crippen LogP contribution in [0.4, 0.5) is 16.4 Å². The quantitative estimate of drug-likeness (QED) is 0.511. The Morgan fingerprint density at radius 3 is 3.35 bits per heavy atom. The molecule has 1 aromatic rings. The van der Waals surface area contributed by atoms with Gasteiger partial charge in [-0.3, -0.25) is 4.90 Å². The van der Waals surface area contributed by atoms with Crippen molar-refractivity contribution in [2.24, 2.45) is 5.11 Å². The van der Waals surface area contributed by atoms with E-state index in [-0.39, 0.29) is 6.54 Å². The largest absolute Gasteiger partial charge is 0.488 e. The number of fused-ring (bicyclic) bond motifs is 1. The Kier molecular flexibility index (Phi) is 3.18. The Morgan fingerprint density at radius 1 is 1.60 bits per heavy atom. The minimum Gasteiger partial charge on any atom is -0.488 e. The highest BCUT2D eigenvalue weighted by Crippen LogP contribution is 2.29. The van der Waals surface area contributed by atoms with Crippen LogP contribution in [-0.2, 0) is 4.74 Å². The van der Waals surface area contributed by atoms with Gasteiger partial charge in [-0.2, -0.15) is 0 Å². The molecule has 20 heavy (non-hydrogen) atoms. The summed E-state index contributed by atoms with van der Waals surface area (Å²) in [5, 5.41) is 6.52. The smallest absolute Gasteiger partial charge is 0.415 e. The van der Waals surface area contributed by atoms with Gasteiger partial charge in [0.25, 0.3) is 0 Å². The van der Waals surface area contributed by atoms with Gasteiger partial charge < -0.3 is 14.8 Å². The van der Waals surface area contributed by atoms with E-state index in [1.807, 2.05) is 0 Å². The Bertz CT molecular complexity index is 586. The average Bonchev–Trinajstić information content (AvgIpc) is 2.85. The van der Waals surface area contributed by atoms with Crippen molar-refractivity contribution < 1.29 is 14.3 Å². The van der Waals surface area contributed by atoms with Crippen LogP contribution in [0.2, 0.25) is 0 Å². The molecule has 0 bridgehead atoms. The van der Waals surface area contributed by atoms with Crippen molar-refractivity contribution in [1.82, 2.24) is 4.98 Å². The molecule has 3 heterocycles. The topological polar surface area (TPSA) is 112 Å². The van der Waals surface area contributed by atoms with Crippen molar-refractivity contribution in [1.29, 1.82) is 0 Å². The van der Waals surface area contributed by atoms with Crippen LogP contribution < -0.4 is 15.0 Å². The van der Waals surface area contributed by atoms with Gasteiger partial charge in [0.2, 0.25) is 0 Å². The standard InChI is InChI=1S/C11H12N6O3/c12-16-14-5-7-6-17(11(18)20-7)9-2-1-8-10(15-9)13-3-4-19-8/h1-2,7H,3-6H2,(H,13,15). The first-order chi connectivity index (χ1) is 9.78. The summed E-state index contributed by atoms with van der Waals surface area (Å²) in [4.78, 5) is 20.2. The highest BCUT2D eigenvalue weighted by atomic mass is 16.6. The fourth-order valence-corrected chi connectivity index (χ4v) is 2.09. The molecule has 1 amide bonds. The summed E-state index contributed by atoms with van der Waals surface area (Å²) < 4.78 is 10.5. The van der Waals surface area contributed by atoms with Crippen molar-refractivity contribution in [3.63, 3.8) is 0 Å². The van der Waals surface area contributed by atoms with Gasteiger partial charge in [0.15, 0.2) is 11.6 Å². The molecular formula is C11H12N6O3. The zero-order valence-corrected chi connectivity index (χ0v) is 10.5. The second-order valence-corrected chi connectivity index (χ2v) is 4.32. The molecule has 104 valence electrons. The van der Waals surface area contributed by atoms with Gasteiger partial charge in [0, 0.05) is 4.91 Å². The van der Waals surface area contributed by atoms with Gasteiger partial charge in [-0.15, -0.1) is 0 Å². The molecule has 9 heteroatoms. The SMILES string of the molecule is [N-]=[N+]=NCC1CN(c2ccc3c(n2)NCCO3)C(=O)O1. The number of rotatable bonds is 3. The molecule has 1 saturated heterocycles. The Morgan fingerprint density at radius 2 is 2.50 bits per heavy atom. The second kappa shape index (κ2) is 5.14. The predicted molar refractivity (Wildman–Crippen MR) is 69.8 cm³/mol. The van der Waals surface area contributed by atoms with Crippen LogP contribution >= 0.6 is 0 Å². The van der Waals surface area contributed by atoms with E-state index in [1.54, 1.807) is 12.1 Å². The number of nitrogens with one attached hydrogen (secondary N) is 1. The third-order valence-electron chi connectivity index (χ3n) is 2.99. The van der Waals surface area contributed by atoms with Crippen LogP contribution in [0.15, 0.2) is 17.2 Å². The lowest BCUT2D eigenvalue weighted by Crippen LogP contribution is -2.27. The molecule has 0 aliphatic carbocycles. The molecule has 0 aromatic carbocycles. The molecule has 1 aromatic heterocycles. The van der Waals surface area contributed by atoms with Gasteiger partial charge >= 0.3 is 6.09 Å². The van der Waals surface area contributed by atoms with Gasteiger partial charge in [0.1, 0.15) is 18.5 Å². The van der Waals surface area contributed by atoms with E-state index < -0.39 is 12.2 Å². The van der Waals surface area contributed by atoms with Crippen molar-refractivity contribution in [2.75, 3.05) is 36.5 Å². The molecule has 0 radical (unpaired) electrons. The zero-order chi connectivity index (χ0) is 13.9. The van der Waals surface area contributed by atoms with Crippen molar-refractivity contribution in [3.8, 4) is 5.75 Å². The predicted octanol–water partition coefficient (Wildman–Crippen LogP) is 1.52. The maximum atomic E-state index is 11.8. The van der Waals surface area contributed by atoms with Gasteiger partial charge in [-0.1, -0.05) is 5.11 Å². The fourth-order valence-electron chi connectivity index (χ4n) is 2.09. The summed E-state index contributed by atoms with van der Waals surface area (Å²) in [6.45, 7) is 1.69. The number of aromatic nitrogens is 1. The summed E-state index contributed by atoms with van der Waals surface area (Å²) in [6, 6.07) is 3.46. The molecule has 1 atom stereocenters. The number of azide groups is 1. The van der Waals surface area contributed by atoms with E-state index in [4.69, 9.17) is 15.0 Å². The number of amides is 1. The lowest BCUT2D eigenvalue weighted by atomic mass is 10.3. The summed E-state index contributed by atoms with van der Waals surface area (Å²) in [6.07, 6.45) is -0.937. The molecule has 1 unspecified atom stereocenters. The Balaban J connectivity index is 1.79. The van der Waals surface area contributed by atoms with Crippen molar-refractivity contribution in [2.45, 2.75) is 6.10 Å². The van der Waals surface area contributed by atoms with Crippen LogP contribution in [0.5, 0.6) is 5.75 Å².